The van der Waals surface area contributed by atoms with Crippen LogP contribution in [0.4, 0.5) is 0 Å². The predicted octanol–water partition coefficient (Wildman–Crippen LogP) is 5.06. The molecule has 0 heterocycles. The highest BCUT2D eigenvalue weighted by Crippen LogP contribution is 2.20. The van der Waals surface area contributed by atoms with Crippen LogP contribution < -0.4 is 0 Å². The Labute approximate surface area is 121 Å². The Balaban J connectivity index is 2.57. The fourth-order valence-corrected chi connectivity index (χ4v) is 12.3. The average molecular weight is 292 g/mol. The Hall–Kier alpha value is -0.646. The van der Waals surface area contributed by atoms with Crippen molar-refractivity contribution in [3.8, 4) is 0 Å². The van der Waals surface area contributed by atoms with Gasteiger partial charge < -0.3 is 4.23 Å². The van der Waals surface area contributed by atoms with Gasteiger partial charge in [-0.05, 0) is 18.5 Å². The van der Waals surface area contributed by atoms with E-state index in [-0.39, 0.29) is 0 Å². The van der Waals surface area contributed by atoms with Crippen LogP contribution in [-0.2, 0) is 0 Å². The monoisotopic (exact) mass is 291 g/mol. The molecular formula is C16H29NSi2. The minimum absolute atomic E-state index is 1.16. The topological polar surface area (TPSA) is 3.24 Å². The predicted molar refractivity (Wildman–Crippen MR) is 93.5 cm³/mol. The van der Waals surface area contributed by atoms with Gasteiger partial charge in [0, 0.05) is 0 Å². The molecule has 19 heavy (non-hydrogen) atoms. The van der Waals surface area contributed by atoms with Gasteiger partial charge in [0.05, 0.1) is 0 Å². The molecule has 0 saturated heterocycles. The minimum atomic E-state index is -1.19. The quantitative estimate of drug-likeness (QED) is 0.662. The lowest BCUT2D eigenvalue weighted by atomic mass is 10.2. The fourth-order valence-electron chi connectivity index (χ4n) is 2.66. The van der Waals surface area contributed by atoms with E-state index in [0.29, 0.717) is 0 Å². The maximum Gasteiger partial charge on any atom is 0.112 e. The van der Waals surface area contributed by atoms with E-state index in [2.05, 4.69) is 86.0 Å². The van der Waals surface area contributed by atoms with Gasteiger partial charge in [-0.3, -0.25) is 0 Å². The molecule has 0 amide bonds. The molecule has 0 radical (unpaired) electrons. The molecule has 106 valence electrons. The van der Waals surface area contributed by atoms with E-state index in [4.69, 9.17) is 0 Å². The largest absolute Gasteiger partial charge is 0.346 e. The third kappa shape index (κ3) is 5.89. The van der Waals surface area contributed by atoms with Gasteiger partial charge in [-0.1, -0.05) is 81.8 Å². The summed E-state index contributed by atoms with van der Waals surface area (Å²) in [6.07, 6.45) is 5.72. The second kappa shape index (κ2) is 6.68. The molecule has 0 N–H and O–H groups in total. The molecule has 0 unspecified atom stereocenters. The molecule has 0 saturated carbocycles. The Bertz CT molecular complexity index is 385. The van der Waals surface area contributed by atoms with E-state index in [0.717, 1.165) is 6.42 Å². The number of hydrogen-bond donors (Lipinski definition) is 0. The van der Waals surface area contributed by atoms with Crippen LogP contribution >= 0.6 is 0 Å². The molecule has 1 aromatic rings. The average Bonchev–Trinajstić information content (AvgIpc) is 2.26. The third-order valence-corrected chi connectivity index (χ3v) is 11.0. The third-order valence-electron chi connectivity index (χ3n) is 3.25. The maximum absolute atomic E-state index is 2.84. The lowest BCUT2D eigenvalue weighted by molar-refractivity contribution is 0.620. The summed E-state index contributed by atoms with van der Waals surface area (Å²) < 4.78 is 2.84. The van der Waals surface area contributed by atoms with Crippen LogP contribution in [0.2, 0.25) is 39.3 Å². The van der Waals surface area contributed by atoms with Crippen molar-refractivity contribution in [2.24, 2.45) is 0 Å². The van der Waals surface area contributed by atoms with Gasteiger partial charge in [0.25, 0.3) is 0 Å². The number of benzene rings is 1. The lowest BCUT2D eigenvalue weighted by Gasteiger charge is -2.43. The zero-order chi connectivity index (χ0) is 14.5. The van der Waals surface area contributed by atoms with Gasteiger partial charge in [-0.2, -0.15) is 0 Å². The first kappa shape index (κ1) is 16.4. The van der Waals surface area contributed by atoms with Gasteiger partial charge >= 0.3 is 0 Å². The summed E-state index contributed by atoms with van der Waals surface area (Å²) in [6.45, 7) is 16.0. The van der Waals surface area contributed by atoms with Gasteiger partial charge in [0.15, 0.2) is 0 Å². The molecule has 1 rings (SSSR count). The summed E-state index contributed by atoms with van der Waals surface area (Å²) in [5, 5.41) is 0. The van der Waals surface area contributed by atoms with Crippen molar-refractivity contribution in [2.75, 3.05) is 6.54 Å². The Morgan fingerprint density at radius 2 is 1.42 bits per heavy atom. The molecule has 3 heteroatoms. The molecule has 1 aromatic carbocycles. The van der Waals surface area contributed by atoms with Gasteiger partial charge in [-0.15, -0.1) is 0 Å². The number of hydrogen-bond acceptors (Lipinski definition) is 1. The van der Waals surface area contributed by atoms with Crippen molar-refractivity contribution in [3.63, 3.8) is 0 Å². The highest BCUT2D eigenvalue weighted by Gasteiger charge is 2.33. The normalized spacial score (nSPS) is 13.4. The van der Waals surface area contributed by atoms with Crippen LogP contribution in [0.3, 0.4) is 0 Å². The van der Waals surface area contributed by atoms with Crippen LogP contribution in [0.1, 0.15) is 12.0 Å². The van der Waals surface area contributed by atoms with Crippen molar-refractivity contribution in [3.05, 3.63) is 42.0 Å². The van der Waals surface area contributed by atoms with E-state index in [1.165, 1.54) is 12.1 Å². The van der Waals surface area contributed by atoms with E-state index in [1.54, 1.807) is 0 Å². The summed E-state index contributed by atoms with van der Waals surface area (Å²) in [7, 11) is -2.38. The van der Waals surface area contributed by atoms with Crippen molar-refractivity contribution >= 4 is 22.5 Å². The molecule has 0 bridgehead atoms. The molecule has 1 nitrogen and oxygen atoms in total. The highest BCUT2D eigenvalue weighted by molar-refractivity contribution is 6.89. The van der Waals surface area contributed by atoms with Gasteiger partial charge in [-0.25, -0.2) is 0 Å². The Morgan fingerprint density at radius 3 is 1.89 bits per heavy atom. The molecular weight excluding hydrogens is 262 g/mol. The standard InChI is InChI=1S/C16H29NSi2/c1-18(2,3)17(19(4,5)6)15-11-10-14-16-12-8-7-9-13-16/h7-10,12-14H,11,15H2,1-6H3. The van der Waals surface area contributed by atoms with Crippen LogP contribution in [0.5, 0.6) is 0 Å². The summed E-state index contributed by atoms with van der Waals surface area (Å²) in [4.78, 5) is 0. The SMILES string of the molecule is C[Si](C)(C)N(CCC=Cc1ccccc1)[Si](C)(C)C. The van der Waals surface area contributed by atoms with E-state index < -0.39 is 16.5 Å². The Morgan fingerprint density at radius 1 is 0.895 bits per heavy atom. The Kier molecular flexibility index (Phi) is 5.77. The number of nitrogens with zero attached hydrogens (tertiary/aromatic N) is 1. The second-order valence-corrected chi connectivity index (χ2v) is 17.3. The maximum atomic E-state index is 2.84. The van der Waals surface area contributed by atoms with Crippen molar-refractivity contribution < 1.29 is 0 Å². The summed E-state index contributed by atoms with van der Waals surface area (Å²) in [5.74, 6) is 0. The molecule has 0 fully saturated rings. The smallest absolute Gasteiger partial charge is 0.112 e. The zero-order valence-corrected chi connectivity index (χ0v) is 15.4. The molecule has 0 atom stereocenters. The van der Waals surface area contributed by atoms with Gasteiger partial charge in [0.2, 0.25) is 0 Å². The van der Waals surface area contributed by atoms with Crippen LogP contribution in [-0.4, -0.2) is 27.2 Å². The second-order valence-electron chi connectivity index (χ2n) is 7.10. The molecule has 0 spiro atoms. The lowest BCUT2D eigenvalue weighted by Crippen LogP contribution is -2.59. The minimum Gasteiger partial charge on any atom is -0.346 e. The zero-order valence-electron chi connectivity index (χ0n) is 13.4. The van der Waals surface area contributed by atoms with Crippen LogP contribution in [0.15, 0.2) is 36.4 Å². The van der Waals surface area contributed by atoms with Crippen molar-refractivity contribution in [1.82, 2.24) is 4.23 Å². The van der Waals surface area contributed by atoms with Crippen LogP contribution in [0.25, 0.3) is 6.08 Å². The molecule has 0 aliphatic carbocycles. The van der Waals surface area contributed by atoms with Crippen molar-refractivity contribution in [1.29, 1.82) is 0 Å². The first-order chi connectivity index (χ1) is 8.71. The van der Waals surface area contributed by atoms with E-state index >= 15 is 0 Å². The van der Waals surface area contributed by atoms with Gasteiger partial charge in [0.1, 0.15) is 16.5 Å². The molecule has 0 aromatic heterocycles. The first-order valence-corrected chi connectivity index (χ1v) is 14.1. The molecule has 0 aliphatic rings. The summed E-state index contributed by atoms with van der Waals surface area (Å²) in [6, 6.07) is 10.6. The molecule has 0 aliphatic heterocycles. The highest BCUT2D eigenvalue weighted by atomic mass is 28.4. The van der Waals surface area contributed by atoms with E-state index in [1.807, 2.05) is 0 Å². The summed E-state index contributed by atoms with van der Waals surface area (Å²) in [5.41, 5.74) is 1.30. The van der Waals surface area contributed by atoms with Crippen molar-refractivity contribution in [2.45, 2.75) is 45.7 Å². The fraction of sp³-hybridized carbons (Fsp3) is 0.500. The first-order valence-electron chi connectivity index (χ1n) is 7.20. The number of rotatable bonds is 6. The summed E-state index contributed by atoms with van der Waals surface area (Å²) >= 11 is 0. The van der Waals surface area contributed by atoms with E-state index in [9.17, 15) is 0 Å². The van der Waals surface area contributed by atoms with Crippen LogP contribution in [0, 0.1) is 0 Å².